The second-order valence-corrected chi connectivity index (χ2v) is 12.3. The molecular formula is C45H36. The van der Waals surface area contributed by atoms with Crippen LogP contribution in [0.2, 0.25) is 0 Å². The highest BCUT2D eigenvalue weighted by Gasteiger charge is 2.15. The van der Waals surface area contributed by atoms with Crippen LogP contribution in [0.1, 0.15) is 37.5 Å². The van der Waals surface area contributed by atoms with Gasteiger partial charge in [0.05, 0.1) is 0 Å². The molecule has 0 saturated carbocycles. The Morgan fingerprint density at radius 1 is 0.333 bits per heavy atom. The molecule has 0 unspecified atom stereocenters. The average Bonchev–Trinajstić information content (AvgIpc) is 3.06. The highest BCUT2D eigenvalue weighted by atomic mass is 14.2. The average molecular weight is 577 g/mol. The number of benzene rings is 7. The Bertz CT molecular complexity index is 2070. The number of hydrogen-bond donors (Lipinski definition) is 0. The molecule has 0 nitrogen and oxygen atoms in total. The molecule has 0 bridgehead atoms. The van der Waals surface area contributed by atoms with Gasteiger partial charge in [-0.1, -0.05) is 146 Å². The van der Waals surface area contributed by atoms with Crippen LogP contribution in [0.3, 0.4) is 0 Å². The third-order valence-electron chi connectivity index (χ3n) is 9.01. The minimum atomic E-state index is 1.07. The Labute approximate surface area is 266 Å². The molecule has 0 aromatic heterocycles. The maximum Gasteiger partial charge on any atom is -0.00993 e. The molecule has 0 saturated heterocycles. The van der Waals surface area contributed by atoms with E-state index in [1.165, 1.54) is 82.4 Å². The van der Waals surface area contributed by atoms with E-state index in [1.807, 2.05) is 0 Å². The second-order valence-electron chi connectivity index (χ2n) is 12.3. The molecule has 0 spiro atoms. The summed E-state index contributed by atoms with van der Waals surface area (Å²) in [6, 6.07) is 46.6. The van der Waals surface area contributed by atoms with Crippen molar-refractivity contribution in [1.82, 2.24) is 0 Å². The first-order chi connectivity index (χ1) is 21.8. The predicted molar refractivity (Wildman–Crippen MR) is 199 cm³/mol. The van der Waals surface area contributed by atoms with E-state index in [9.17, 15) is 0 Å². The molecule has 0 fully saturated rings. The summed E-state index contributed by atoms with van der Waals surface area (Å²) in [6.45, 7) is 19.1. The van der Waals surface area contributed by atoms with Crippen LogP contribution < -0.4 is 0 Å². The van der Waals surface area contributed by atoms with Gasteiger partial charge in [-0.3, -0.25) is 0 Å². The van der Waals surface area contributed by atoms with Gasteiger partial charge in [0.1, 0.15) is 0 Å². The van der Waals surface area contributed by atoms with Crippen LogP contribution in [0.25, 0.3) is 82.4 Å². The van der Waals surface area contributed by atoms with Gasteiger partial charge in [0.25, 0.3) is 0 Å². The Kier molecular flexibility index (Phi) is 7.07. The quantitative estimate of drug-likeness (QED) is 0.185. The van der Waals surface area contributed by atoms with Gasteiger partial charge in [0.2, 0.25) is 0 Å². The van der Waals surface area contributed by atoms with Crippen LogP contribution in [-0.4, -0.2) is 0 Å². The minimum absolute atomic E-state index is 1.07. The first kappa shape index (κ1) is 28.3. The molecule has 7 rings (SSSR count). The lowest BCUT2D eigenvalue weighted by atomic mass is 9.87. The summed E-state index contributed by atoms with van der Waals surface area (Å²) >= 11 is 0. The van der Waals surface area contributed by atoms with Gasteiger partial charge in [-0.05, 0) is 121 Å². The van der Waals surface area contributed by atoms with Crippen molar-refractivity contribution in [1.29, 1.82) is 0 Å². The van der Waals surface area contributed by atoms with Crippen LogP contribution in [0.15, 0.2) is 147 Å². The van der Waals surface area contributed by atoms with E-state index >= 15 is 0 Å². The van der Waals surface area contributed by atoms with E-state index in [0.717, 1.165) is 16.7 Å². The molecule has 216 valence electrons. The van der Waals surface area contributed by atoms with E-state index in [1.54, 1.807) is 0 Å². The fourth-order valence-corrected chi connectivity index (χ4v) is 6.90. The Balaban J connectivity index is 1.56. The number of allylic oxidation sites excluding steroid dienone is 3. The van der Waals surface area contributed by atoms with E-state index in [0.29, 0.717) is 0 Å². The van der Waals surface area contributed by atoms with Crippen molar-refractivity contribution in [3.63, 3.8) is 0 Å². The zero-order valence-electron chi connectivity index (χ0n) is 26.2. The van der Waals surface area contributed by atoms with Crippen LogP contribution in [-0.2, 0) is 0 Å². The summed E-state index contributed by atoms with van der Waals surface area (Å²) < 4.78 is 0. The lowest BCUT2D eigenvalue weighted by Gasteiger charge is -2.17. The second kappa shape index (κ2) is 11.2. The van der Waals surface area contributed by atoms with Crippen molar-refractivity contribution in [2.45, 2.75) is 20.8 Å². The largest absolute Gasteiger partial charge is 0.0955 e. The highest BCUT2D eigenvalue weighted by molar-refractivity contribution is 6.07. The summed E-state index contributed by atoms with van der Waals surface area (Å²) in [5.74, 6) is 0. The third-order valence-corrected chi connectivity index (χ3v) is 9.01. The summed E-state index contributed by atoms with van der Waals surface area (Å²) in [5.41, 5.74) is 14.0. The van der Waals surface area contributed by atoms with Crippen molar-refractivity contribution in [3.05, 3.63) is 164 Å². The predicted octanol–water partition coefficient (Wildman–Crippen LogP) is 13.2. The van der Waals surface area contributed by atoms with E-state index in [-0.39, 0.29) is 0 Å². The lowest BCUT2D eigenvalue weighted by Crippen LogP contribution is -1.91. The molecular weight excluding hydrogens is 540 g/mol. The summed E-state index contributed by atoms with van der Waals surface area (Å²) in [6.07, 6.45) is 0. The van der Waals surface area contributed by atoms with Crippen LogP contribution in [0, 0.1) is 0 Å². The molecule has 0 radical (unpaired) electrons. The monoisotopic (exact) mass is 576 g/mol. The molecule has 0 aliphatic carbocycles. The first-order valence-electron chi connectivity index (χ1n) is 15.5. The van der Waals surface area contributed by atoms with Crippen molar-refractivity contribution in [2.24, 2.45) is 0 Å². The van der Waals surface area contributed by atoms with E-state index < -0.39 is 0 Å². The van der Waals surface area contributed by atoms with Crippen molar-refractivity contribution in [3.8, 4) is 33.4 Å². The van der Waals surface area contributed by atoms with E-state index in [2.05, 4.69) is 168 Å². The Hall–Kier alpha value is -5.46. The van der Waals surface area contributed by atoms with E-state index in [4.69, 9.17) is 0 Å². The SMILES string of the molecule is C=C(C)c1cccc2c(-c3cc(-c4cccc5c(C(=C)C)cccc45)cc(-c4cccc5c(C(=C)C)cccc45)c3)cccc12. The van der Waals surface area contributed by atoms with Crippen molar-refractivity contribution in [2.75, 3.05) is 0 Å². The standard InChI is InChI=1S/C45H36/c1-28(2)34-13-7-22-43-37(16-10-19-40(34)43)31-25-32(38-17-11-20-41-35(29(3)4)14-8-23-44(38)41)27-33(26-31)39-18-12-21-42-36(30(5)6)15-9-24-45(39)42/h7-27H,1,3,5H2,2,4,6H3. The van der Waals surface area contributed by atoms with Gasteiger partial charge in [-0.15, -0.1) is 0 Å². The van der Waals surface area contributed by atoms with Crippen LogP contribution in [0.4, 0.5) is 0 Å². The number of rotatable bonds is 6. The molecule has 0 aliphatic rings. The van der Waals surface area contributed by atoms with Crippen LogP contribution >= 0.6 is 0 Å². The molecule has 45 heavy (non-hydrogen) atoms. The zero-order chi connectivity index (χ0) is 31.2. The third kappa shape index (κ3) is 4.89. The summed E-state index contributed by atoms with van der Waals surface area (Å²) in [5, 5.41) is 7.36. The summed E-state index contributed by atoms with van der Waals surface area (Å²) in [4.78, 5) is 0. The van der Waals surface area contributed by atoms with Gasteiger partial charge in [-0.2, -0.15) is 0 Å². The minimum Gasteiger partial charge on any atom is -0.0955 e. The maximum atomic E-state index is 4.27. The van der Waals surface area contributed by atoms with Crippen molar-refractivity contribution < 1.29 is 0 Å². The normalized spacial score (nSPS) is 11.3. The molecule has 7 aromatic carbocycles. The first-order valence-corrected chi connectivity index (χ1v) is 15.5. The van der Waals surface area contributed by atoms with Gasteiger partial charge in [0.15, 0.2) is 0 Å². The molecule has 7 aromatic rings. The molecule has 0 heteroatoms. The smallest absolute Gasteiger partial charge is 0.00993 e. The number of fused-ring (bicyclic) bond motifs is 3. The fourth-order valence-electron chi connectivity index (χ4n) is 6.90. The fraction of sp³-hybridized carbons (Fsp3) is 0.0667. The van der Waals surface area contributed by atoms with Crippen LogP contribution in [0.5, 0.6) is 0 Å². The lowest BCUT2D eigenvalue weighted by molar-refractivity contribution is 1.58. The van der Waals surface area contributed by atoms with Crippen molar-refractivity contribution >= 4 is 49.0 Å². The Morgan fingerprint density at radius 3 is 0.844 bits per heavy atom. The molecule has 0 N–H and O–H groups in total. The zero-order valence-corrected chi connectivity index (χ0v) is 26.2. The highest BCUT2D eigenvalue weighted by Crippen LogP contribution is 2.41. The van der Waals surface area contributed by atoms with Gasteiger partial charge in [0, 0.05) is 0 Å². The van der Waals surface area contributed by atoms with Gasteiger partial charge >= 0.3 is 0 Å². The molecule has 0 aliphatic heterocycles. The Morgan fingerprint density at radius 2 is 0.578 bits per heavy atom. The van der Waals surface area contributed by atoms with Gasteiger partial charge < -0.3 is 0 Å². The van der Waals surface area contributed by atoms with Gasteiger partial charge in [-0.25, -0.2) is 0 Å². The number of hydrogen-bond acceptors (Lipinski definition) is 0. The summed E-state index contributed by atoms with van der Waals surface area (Å²) in [7, 11) is 0. The molecule has 0 atom stereocenters. The topological polar surface area (TPSA) is 0 Å². The maximum absolute atomic E-state index is 4.27. The molecule has 0 heterocycles. The molecule has 0 amide bonds.